The van der Waals surface area contributed by atoms with E-state index in [0.29, 0.717) is 18.1 Å². The van der Waals surface area contributed by atoms with E-state index >= 15 is 0 Å². The largest absolute Gasteiger partial charge is 0.540 e. The van der Waals surface area contributed by atoms with E-state index < -0.39 is 0 Å². The molecule has 0 fully saturated rings. The summed E-state index contributed by atoms with van der Waals surface area (Å²) in [7, 11) is 0. The second kappa shape index (κ2) is 6.65. The molecule has 4 aromatic rings. The number of aromatic nitrogens is 1. The summed E-state index contributed by atoms with van der Waals surface area (Å²) >= 11 is 0. The predicted octanol–water partition coefficient (Wildman–Crippen LogP) is 4.02. The Morgan fingerprint density at radius 2 is 1.20 bits per heavy atom. The second-order valence-electron chi connectivity index (χ2n) is 5.85. The zero-order valence-corrected chi connectivity index (χ0v) is 13.6. The summed E-state index contributed by atoms with van der Waals surface area (Å²) in [6, 6.07) is 29.5. The third-order valence-electron chi connectivity index (χ3n) is 4.15. The van der Waals surface area contributed by atoms with Crippen molar-refractivity contribution in [2.45, 2.75) is 6.54 Å². The topological polar surface area (TPSA) is 40.1 Å². The van der Waals surface area contributed by atoms with Crippen molar-refractivity contribution in [3.05, 3.63) is 96.6 Å². The van der Waals surface area contributed by atoms with Crippen LogP contribution >= 0.6 is 0 Å². The van der Waals surface area contributed by atoms with Gasteiger partial charge >= 0.3 is 0 Å². The molecule has 3 heteroatoms. The lowest BCUT2D eigenvalue weighted by Gasteiger charge is -2.04. The summed E-state index contributed by atoms with van der Waals surface area (Å²) in [6.45, 7) is 0.570. The first-order chi connectivity index (χ1) is 12.3. The van der Waals surface area contributed by atoms with Gasteiger partial charge in [0.05, 0.1) is 5.56 Å². The average molecular weight is 327 g/mol. The Kier molecular flexibility index (Phi) is 4.05. The minimum atomic E-state index is -0.319. The van der Waals surface area contributed by atoms with Crippen molar-refractivity contribution in [2.24, 2.45) is 0 Å². The van der Waals surface area contributed by atoms with Crippen LogP contribution in [0, 0.1) is 0 Å². The Morgan fingerprint density at radius 1 is 0.680 bits per heavy atom. The Morgan fingerprint density at radius 3 is 1.80 bits per heavy atom. The first-order valence-corrected chi connectivity index (χ1v) is 8.21. The minimum absolute atomic E-state index is 0.319. The lowest BCUT2D eigenvalue weighted by Crippen LogP contribution is -2.37. The molecule has 3 aromatic carbocycles. The third-order valence-corrected chi connectivity index (χ3v) is 4.15. The molecule has 0 aliphatic rings. The molecule has 0 unspecified atom stereocenters. The van der Waals surface area contributed by atoms with Gasteiger partial charge in [0.2, 0.25) is 5.69 Å². The fraction of sp³-hybridized carbons (Fsp3) is 0.0455. The zero-order valence-electron chi connectivity index (χ0n) is 13.6. The molecule has 4 rings (SSSR count). The average Bonchev–Trinajstić information content (AvgIpc) is 3.00. The van der Waals surface area contributed by atoms with Gasteiger partial charge in [-0.15, -0.1) is 0 Å². The molecule has 0 aliphatic carbocycles. The SMILES string of the molecule is [O-]c1oc(-c2ccccc2)[n+](Cc2ccccc2)c1-c1ccccc1. The van der Waals surface area contributed by atoms with E-state index in [0.717, 1.165) is 16.7 Å². The number of oxazole rings is 1. The highest BCUT2D eigenvalue weighted by atomic mass is 16.5. The quantitative estimate of drug-likeness (QED) is 0.531. The molecule has 0 radical (unpaired) electrons. The molecule has 1 aromatic heterocycles. The van der Waals surface area contributed by atoms with Crippen LogP contribution in [0.15, 0.2) is 95.4 Å². The lowest BCUT2D eigenvalue weighted by atomic mass is 10.1. The molecule has 25 heavy (non-hydrogen) atoms. The number of hydrogen-bond acceptors (Lipinski definition) is 2. The Hall–Kier alpha value is -3.33. The van der Waals surface area contributed by atoms with Gasteiger partial charge in [0.25, 0.3) is 5.89 Å². The third kappa shape index (κ3) is 3.04. The second-order valence-corrected chi connectivity index (χ2v) is 5.85. The first kappa shape index (κ1) is 15.2. The summed E-state index contributed by atoms with van der Waals surface area (Å²) in [6.07, 6.45) is 0. The monoisotopic (exact) mass is 327 g/mol. The van der Waals surface area contributed by atoms with Gasteiger partial charge in [-0.2, -0.15) is 4.57 Å². The fourth-order valence-corrected chi connectivity index (χ4v) is 2.99. The van der Waals surface area contributed by atoms with Gasteiger partial charge in [-0.25, -0.2) is 0 Å². The Balaban J connectivity index is 1.91. The lowest BCUT2D eigenvalue weighted by molar-refractivity contribution is -0.669. The maximum absolute atomic E-state index is 12.6. The highest BCUT2D eigenvalue weighted by Gasteiger charge is 2.24. The molecule has 0 amide bonds. The number of hydrogen-bond donors (Lipinski definition) is 0. The van der Waals surface area contributed by atoms with Crippen LogP contribution < -0.4 is 9.67 Å². The number of benzene rings is 3. The van der Waals surface area contributed by atoms with Crippen LogP contribution in [-0.4, -0.2) is 0 Å². The van der Waals surface area contributed by atoms with Crippen LogP contribution in [0.5, 0.6) is 5.95 Å². The molecule has 3 nitrogen and oxygen atoms in total. The van der Waals surface area contributed by atoms with E-state index in [1.807, 2.05) is 95.6 Å². The van der Waals surface area contributed by atoms with E-state index in [1.165, 1.54) is 0 Å². The van der Waals surface area contributed by atoms with E-state index in [2.05, 4.69) is 0 Å². The minimum Gasteiger partial charge on any atom is -0.540 e. The normalized spacial score (nSPS) is 10.7. The number of rotatable bonds is 4. The van der Waals surface area contributed by atoms with Crippen LogP contribution in [0.2, 0.25) is 0 Å². The van der Waals surface area contributed by atoms with Crippen LogP contribution in [0.4, 0.5) is 0 Å². The van der Waals surface area contributed by atoms with E-state index in [-0.39, 0.29) is 5.95 Å². The van der Waals surface area contributed by atoms with Crippen LogP contribution in [0.25, 0.3) is 22.7 Å². The van der Waals surface area contributed by atoms with Crippen LogP contribution in [0.3, 0.4) is 0 Å². The number of nitrogens with zero attached hydrogens (tertiary/aromatic N) is 1. The van der Waals surface area contributed by atoms with Crippen molar-refractivity contribution >= 4 is 0 Å². The highest BCUT2D eigenvalue weighted by Crippen LogP contribution is 2.30. The van der Waals surface area contributed by atoms with Gasteiger partial charge in [-0.3, -0.25) is 0 Å². The van der Waals surface area contributed by atoms with Crippen LogP contribution in [0.1, 0.15) is 5.56 Å². The van der Waals surface area contributed by atoms with Crippen molar-refractivity contribution in [3.63, 3.8) is 0 Å². The summed E-state index contributed by atoms with van der Waals surface area (Å²) in [5.74, 6) is 0.259. The van der Waals surface area contributed by atoms with Crippen molar-refractivity contribution in [3.8, 4) is 28.7 Å². The summed E-state index contributed by atoms with van der Waals surface area (Å²) in [4.78, 5) is 0. The molecule has 0 aliphatic heterocycles. The fourth-order valence-electron chi connectivity index (χ4n) is 2.99. The van der Waals surface area contributed by atoms with Gasteiger partial charge in [0.15, 0.2) is 6.54 Å². The van der Waals surface area contributed by atoms with Gasteiger partial charge in [-0.05, 0) is 24.3 Å². The van der Waals surface area contributed by atoms with Gasteiger partial charge in [-0.1, -0.05) is 66.7 Å². The Bertz CT molecular complexity index is 961. The zero-order chi connectivity index (χ0) is 17.1. The first-order valence-electron chi connectivity index (χ1n) is 8.21. The van der Waals surface area contributed by atoms with Gasteiger partial charge in [0.1, 0.15) is 5.95 Å². The predicted molar refractivity (Wildman–Crippen MR) is 94.8 cm³/mol. The van der Waals surface area contributed by atoms with Crippen molar-refractivity contribution in [2.75, 3.05) is 0 Å². The Labute approximate surface area is 146 Å². The molecule has 1 heterocycles. The molecule has 0 saturated carbocycles. The maximum atomic E-state index is 12.6. The molecule has 0 atom stereocenters. The van der Waals surface area contributed by atoms with E-state index in [4.69, 9.17) is 4.42 Å². The maximum Gasteiger partial charge on any atom is 0.270 e. The molecule has 0 bridgehead atoms. The molecule has 122 valence electrons. The van der Waals surface area contributed by atoms with E-state index in [9.17, 15) is 5.11 Å². The highest BCUT2D eigenvalue weighted by molar-refractivity contribution is 5.62. The molecule has 0 N–H and O–H groups in total. The van der Waals surface area contributed by atoms with Crippen LogP contribution in [-0.2, 0) is 6.54 Å². The smallest absolute Gasteiger partial charge is 0.270 e. The molecule has 0 spiro atoms. The van der Waals surface area contributed by atoms with Crippen molar-refractivity contribution in [1.29, 1.82) is 0 Å². The summed E-state index contributed by atoms with van der Waals surface area (Å²) in [5, 5.41) is 12.6. The summed E-state index contributed by atoms with van der Waals surface area (Å²) in [5.41, 5.74) is 3.43. The molecular weight excluding hydrogens is 310 g/mol. The standard InChI is InChI=1S/C22H17NO2/c24-22-20(18-12-6-2-7-13-18)23(16-17-10-4-1-5-11-17)21(25-22)19-14-8-3-9-15-19/h1-15H,16H2. The molecule has 0 saturated heterocycles. The molecular formula is C22H17NO2. The summed E-state index contributed by atoms with van der Waals surface area (Å²) < 4.78 is 7.63. The van der Waals surface area contributed by atoms with Crippen molar-refractivity contribution < 1.29 is 14.1 Å². The van der Waals surface area contributed by atoms with Gasteiger partial charge < -0.3 is 9.52 Å². The van der Waals surface area contributed by atoms with E-state index in [1.54, 1.807) is 0 Å². The van der Waals surface area contributed by atoms with Gasteiger partial charge in [0, 0.05) is 11.1 Å². The van der Waals surface area contributed by atoms with Crippen molar-refractivity contribution in [1.82, 2.24) is 0 Å².